The summed E-state index contributed by atoms with van der Waals surface area (Å²) in [6, 6.07) is 11.8. The van der Waals surface area contributed by atoms with E-state index in [0.717, 1.165) is 16.8 Å². The molecule has 0 aromatic heterocycles. The van der Waals surface area contributed by atoms with Crippen molar-refractivity contribution in [3.63, 3.8) is 0 Å². The first-order valence-corrected chi connectivity index (χ1v) is 11.4. The molecule has 30 heavy (non-hydrogen) atoms. The van der Waals surface area contributed by atoms with E-state index in [4.69, 9.17) is 4.74 Å². The van der Waals surface area contributed by atoms with E-state index in [1.807, 2.05) is 25.1 Å². The molecule has 2 aliphatic rings. The monoisotopic (exact) mass is 428 g/mol. The van der Waals surface area contributed by atoms with Crippen molar-refractivity contribution >= 4 is 27.6 Å². The van der Waals surface area contributed by atoms with Crippen LogP contribution in [0, 0.1) is 6.92 Å². The molecule has 0 unspecified atom stereocenters. The Labute approximate surface area is 176 Å². The number of amides is 1. The minimum absolute atomic E-state index is 0.108. The first-order valence-electron chi connectivity index (χ1n) is 9.94. The van der Waals surface area contributed by atoms with Crippen LogP contribution in [0.15, 0.2) is 47.4 Å². The van der Waals surface area contributed by atoms with E-state index in [1.54, 1.807) is 4.90 Å². The van der Waals surface area contributed by atoms with E-state index in [2.05, 4.69) is 0 Å². The topological polar surface area (TPSA) is 84.0 Å². The van der Waals surface area contributed by atoms with Crippen LogP contribution in [0.2, 0.25) is 0 Å². The van der Waals surface area contributed by atoms with Gasteiger partial charge in [0.15, 0.2) is 5.78 Å². The number of hydrogen-bond donors (Lipinski definition) is 0. The highest BCUT2D eigenvalue weighted by atomic mass is 32.2. The van der Waals surface area contributed by atoms with Crippen molar-refractivity contribution in [2.75, 3.05) is 18.0 Å². The van der Waals surface area contributed by atoms with Gasteiger partial charge in [-0.2, -0.15) is 4.31 Å². The van der Waals surface area contributed by atoms with Crippen molar-refractivity contribution in [2.45, 2.75) is 44.2 Å². The summed E-state index contributed by atoms with van der Waals surface area (Å²) in [6.07, 6.45) is 0.660. The minimum atomic E-state index is -3.65. The van der Waals surface area contributed by atoms with Crippen molar-refractivity contribution < 1.29 is 22.7 Å². The van der Waals surface area contributed by atoms with E-state index in [-0.39, 0.29) is 29.4 Å². The van der Waals surface area contributed by atoms with E-state index in [1.165, 1.54) is 35.5 Å². The van der Waals surface area contributed by atoms with Gasteiger partial charge in [0.1, 0.15) is 6.61 Å². The number of Topliss-reactive ketones (excluding diaryl/α,β-unsaturated/α-hetero) is 1. The van der Waals surface area contributed by atoms with Gasteiger partial charge in [-0.15, -0.1) is 0 Å². The van der Waals surface area contributed by atoms with Crippen LogP contribution in [-0.2, 0) is 21.4 Å². The average molecular weight is 429 g/mol. The molecule has 0 aliphatic carbocycles. The van der Waals surface area contributed by atoms with Gasteiger partial charge < -0.3 is 4.74 Å². The Morgan fingerprint density at radius 1 is 1.07 bits per heavy atom. The van der Waals surface area contributed by atoms with Crippen molar-refractivity contribution in [1.29, 1.82) is 0 Å². The maximum Gasteiger partial charge on any atom is 0.414 e. The van der Waals surface area contributed by atoms with Crippen LogP contribution in [0.1, 0.15) is 41.3 Å². The summed E-state index contributed by atoms with van der Waals surface area (Å²) in [6.45, 7) is 4.32. The Balaban J connectivity index is 1.50. The first kappa shape index (κ1) is 20.6. The predicted molar refractivity (Wildman–Crippen MR) is 112 cm³/mol. The molecule has 8 heteroatoms. The zero-order chi connectivity index (χ0) is 21.5. The second-order valence-electron chi connectivity index (χ2n) is 7.77. The molecule has 2 heterocycles. The summed E-state index contributed by atoms with van der Waals surface area (Å²) in [4.78, 5) is 25.7. The third-order valence-electron chi connectivity index (χ3n) is 5.73. The summed E-state index contributed by atoms with van der Waals surface area (Å²) < 4.78 is 32.8. The summed E-state index contributed by atoms with van der Waals surface area (Å²) in [5.74, 6) is -0.108. The molecular formula is C22H24N2O5S. The predicted octanol–water partition coefficient (Wildman–Crippen LogP) is 3.51. The number of aryl methyl sites for hydroxylation is 1. The lowest BCUT2D eigenvalue weighted by Crippen LogP contribution is -2.50. The largest absolute Gasteiger partial charge is 0.444 e. The molecule has 1 fully saturated rings. The maximum atomic E-state index is 13.0. The van der Waals surface area contributed by atoms with Crippen LogP contribution in [-0.4, -0.2) is 43.7 Å². The molecule has 0 saturated carbocycles. The minimum Gasteiger partial charge on any atom is -0.444 e. The highest BCUT2D eigenvalue weighted by molar-refractivity contribution is 7.89. The zero-order valence-corrected chi connectivity index (χ0v) is 17.8. The highest BCUT2D eigenvalue weighted by Gasteiger charge is 2.37. The quantitative estimate of drug-likeness (QED) is 0.696. The van der Waals surface area contributed by atoms with E-state index in [9.17, 15) is 18.0 Å². The number of sulfonamides is 1. The maximum absolute atomic E-state index is 13.0. The summed E-state index contributed by atoms with van der Waals surface area (Å²) in [7, 11) is -3.65. The summed E-state index contributed by atoms with van der Waals surface area (Å²) in [5, 5.41) is 0. The van der Waals surface area contributed by atoms with E-state index < -0.39 is 10.0 Å². The van der Waals surface area contributed by atoms with Crippen LogP contribution in [0.5, 0.6) is 0 Å². The lowest BCUT2D eigenvalue weighted by atomic mass is 10.0. The number of benzene rings is 2. The number of fused-ring (bicyclic) bond motifs is 1. The van der Waals surface area contributed by atoms with Gasteiger partial charge in [-0.1, -0.05) is 29.8 Å². The van der Waals surface area contributed by atoms with Crippen LogP contribution >= 0.6 is 0 Å². The zero-order valence-electron chi connectivity index (χ0n) is 17.0. The third kappa shape index (κ3) is 3.73. The molecule has 0 atom stereocenters. The molecule has 0 radical (unpaired) electrons. The van der Waals surface area contributed by atoms with Gasteiger partial charge in [0, 0.05) is 30.3 Å². The number of ether oxygens (including phenoxy) is 1. The fourth-order valence-corrected chi connectivity index (χ4v) is 5.54. The Bertz CT molecular complexity index is 1090. The highest BCUT2D eigenvalue weighted by Crippen LogP contribution is 2.33. The molecular weight excluding hydrogens is 404 g/mol. The van der Waals surface area contributed by atoms with Gasteiger partial charge in [0.2, 0.25) is 10.0 Å². The Hall–Kier alpha value is -2.71. The fourth-order valence-electron chi connectivity index (χ4n) is 4.07. The summed E-state index contributed by atoms with van der Waals surface area (Å²) in [5.41, 5.74) is 3.39. The molecule has 1 saturated heterocycles. The number of piperidine rings is 1. The number of carbonyl (C=O) groups excluding carboxylic acids is 2. The molecule has 4 rings (SSSR count). The van der Waals surface area contributed by atoms with Gasteiger partial charge in [-0.25, -0.2) is 13.2 Å². The SMILES string of the molecule is CC(=O)c1ccc(S(=O)(=O)N2CCC(N3C(=O)OCc4cc(C)ccc43)CC2)cc1. The molecule has 7 nitrogen and oxygen atoms in total. The molecule has 2 aromatic carbocycles. The van der Waals surface area contributed by atoms with Crippen LogP contribution in [0.4, 0.5) is 10.5 Å². The van der Waals surface area contributed by atoms with Crippen LogP contribution in [0.25, 0.3) is 0 Å². The van der Waals surface area contributed by atoms with E-state index >= 15 is 0 Å². The molecule has 1 amide bonds. The smallest absolute Gasteiger partial charge is 0.414 e. The number of ketones is 1. The van der Waals surface area contributed by atoms with Gasteiger partial charge in [0.05, 0.1) is 10.6 Å². The summed E-state index contributed by atoms with van der Waals surface area (Å²) >= 11 is 0. The standard InChI is InChI=1S/C22H24N2O5S/c1-15-3-8-21-18(13-15)14-29-22(26)24(21)19-9-11-23(12-10-19)30(27,28)20-6-4-17(5-7-20)16(2)25/h3-8,13,19H,9-12,14H2,1-2H3. The van der Waals surface area contributed by atoms with Gasteiger partial charge in [-0.3, -0.25) is 9.69 Å². The normalized spacial score (nSPS) is 18.1. The van der Waals surface area contributed by atoms with Crippen molar-refractivity contribution in [2.24, 2.45) is 0 Å². The fraction of sp³-hybridized carbons (Fsp3) is 0.364. The van der Waals surface area contributed by atoms with Crippen molar-refractivity contribution in [3.05, 3.63) is 59.2 Å². The molecule has 2 aromatic rings. The number of rotatable bonds is 4. The van der Waals surface area contributed by atoms with Gasteiger partial charge in [0.25, 0.3) is 0 Å². The lowest BCUT2D eigenvalue weighted by Gasteiger charge is -2.39. The van der Waals surface area contributed by atoms with E-state index in [0.29, 0.717) is 31.5 Å². The number of carbonyl (C=O) groups is 2. The van der Waals surface area contributed by atoms with Crippen LogP contribution in [0.3, 0.4) is 0 Å². The molecule has 0 spiro atoms. The van der Waals surface area contributed by atoms with Gasteiger partial charge in [-0.05, 0) is 44.9 Å². The van der Waals surface area contributed by atoms with Crippen LogP contribution < -0.4 is 4.90 Å². The first-order chi connectivity index (χ1) is 14.3. The van der Waals surface area contributed by atoms with Crippen molar-refractivity contribution in [1.82, 2.24) is 4.31 Å². The van der Waals surface area contributed by atoms with Crippen molar-refractivity contribution in [3.8, 4) is 0 Å². The number of cyclic esters (lactones) is 1. The average Bonchev–Trinajstić information content (AvgIpc) is 2.74. The second-order valence-corrected chi connectivity index (χ2v) is 9.71. The van der Waals surface area contributed by atoms with Gasteiger partial charge >= 0.3 is 6.09 Å². The second kappa shape index (κ2) is 7.85. The Kier molecular flexibility index (Phi) is 5.38. The Morgan fingerprint density at radius 2 is 1.73 bits per heavy atom. The molecule has 0 bridgehead atoms. The third-order valence-corrected chi connectivity index (χ3v) is 7.64. The Morgan fingerprint density at radius 3 is 2.37 bits per heavy atom. The number of nitrogens with zero attached hydrogens (tertiary/aromatic N) is 2. The molecule has 0 N–H and O–H groups in total. The molecule has 2 aliphatic heterocycles. The number of anilines is 1. The number of hydrogen-bond acceptors (Lipinski definition) is 5. The lowest BCUT2D eigenvalue weighted by molar-refractivity contribution is 0.101. The molecule has 158 valence electrons.